The highest BCUT2D eigenvalue weighted by atomic mass is 79.9. The lowest BCUT2D eigenvalue weighted by Gasteiger charge is -2.09. The fraction of sp³-hybridized carbons (Fsp3) is 0.214. The second kappa shape index (κ2) is 16.0. The lowest BCUT2D eigenvalue weighted by atomic mass is 10.0. The first-order valence-electron chi connectivity index (χ1n) is 17.7. The first-order valence-corrected chi connectivity index (χ1v) is 17.9. The maximum Gasteiger partial charge on any atom is 0.119 e. The third-order valence-electron chi connectivity index (χ3n) is 9.05. The third-order valence-corrected chi connectivity index (χ3v) is 9.74. The minimum Gasteiger partial charge on any atom is -0.508 e. The molecule has 0 saturated heterocycles. The molecule has 4 N–H and O–H groups in total. The molecule has 0 spiro atoms. The number of halogens is 1. The van der Waals surface area contributed by atoms with Gasteiger partial charge in [-0.15, -0.1) is 0 Å². The van der Waals surface area contributed by atoms with Gasteiger partial charge < -0.3 is 21.1 Å². The SMILES string of the molecule is Brc1ccc(CC2=NCCN2)c2ccccc12.Oc1ccc2ccccc2c1CC1=NCCN1.[3H]C1CNC(Cc2cccc3ccccc23)=N1. The molecule has 0 aromatic heterocycles. The molecular weight excluding hydrogens is 684 g/mol. The van der Waals surface area contributed by atoms with Crippen LogP contribution in [0.4, 0.5) is 0 Å². The number of aromatic hydroxyl groups is 1. The summed E-state index contributed by atoms with van der Waals surface area (Å²) in [5.41, 5.74) is 3.55. The van der Waals surface area contributed by atoms with Gasteiger partial charge in [-0.1, -0.05) is 119 Å². The topological polar surface area (TPSA) is 93.4 Å². The van der Waals surface area contributed by atoms with Crippen molar-refractivity contribution in [3.05, 3.63) is 136 Å². The van der Waals surface area contributed by atoms with Crippen molar-refractivity contribution < 1.29 is 6.48 Å². The summed E-state index contributed by atoms with van der Waals surface area (Å²) >= 11 is 3.60. The number of amidine groups is 3. The van der Waals surface area contributed by atoms with E-state index >= 15 is 0 Å². The third kappa shape index (κ3) is 7.98. The molecule has 6 aromatic rings. The highest BCUT2D eigenvalue weighted by Crippen LogP contribution is 2.29. The Kier molecular flexibility index (Phi) is 10.2. The van der Waals surface area contributed by atoms with E-state index in [1.807, 2.05) is 24.3 Å². The second-order valence-electron chi connectivity index (χ2n) is 12.4. The van der Waals surface area contributed by atoms with Crippen molar-refractivity contribution in [2.24, 2.45) is 15.0 Å². The van der Waals surface area contributed by atoms with Crippen molar-refractivity contribution >= 4 is 65.8 Å². The van der Waals surface area contributed by atoms with Crippen LogP contribution >= 0.6 is 15.9 Å². The molecular formula is C42H41BrN6O. The molecule has 0 bridgehead atoms. The molecule has 0 saturated carbocycles. The summed E-state index contributed by atoms with van der Waals surface area (Å²) in [5, 5.41) is 27.1. The molecule has 9 rings (SSSR count). The standard InChI is InChI=1S/C14H13BrN2.C14H14N2O.C14H14N2/c15-13-6-5-10(9-14-16-7-8-17-14)11-3-1-2-4-12(11)13;17-13-6-5-10-3-1-2-4-11(10)12(13)9-14-15-7-8-16-14;1-2-7-13-11(4-1)5-3-6-12(13)10-14-15-8-9-16-14/h1-6H,7-9H2,(H,16,17);1-6,17H,7-9H2,(H,15,16);1-7H,8-10H2,(H,15,16)/i;;8T. The largest absolute Gasteiger partial charge is 0.508 e. The van der Waals surface area contributed by atoms with Gasteiger partial charge in [0.2, 0.25) is 0 Å². The molecule has 8 heteroatoms. The van der Waals surface area contributed by atoms with Crippen LogP contribution in [-0.4, -0.2) is 61.9 Å². The molecule has 0 amide bonds. The van der Waals surface area contributed by atoms with Gasteiger partial charge in [-0.05, 0) is 55.6 Å². The van der Waals surface area contributed by atoms with Gasteiger partial charge in [-0.3, -0.25) is 15.0 Å². The quantitative estimate of drug-likeness (QED) is 0.142. The zero-order chi connectivity index (χ0) is 35.0. The molecule has 1 unspecified atom stereocenters. The maximum absolute atomic E-state index is 9.99. The lowest BCUT2D eigenvalue weighted by Crippen LogP contribution is -2.20. The fourth-order valence-electron chi connectivity index (χ4n) is 6.57. The predicted molar refractivity (Wildman–Crippen MR) is 213 cm³/mol. The summed E-state index contributed by atoms with van der Waals surface area (Å²) in [4.78, 5) is 13.1. The summed E-state index contributed by atoms with van der Waals surface area (Å²) in [6.07, 6.45) is 2.36. The average molecular weight is 728 g/mol. The smallest absolute Gasteiger partial charge is 0.119 e. The number of rotatable bonds is 6. The molecule has 1 atom stereocenters. The summed E-state index contributed by atoms with van der Waals surface area (Å²) < 4.78 is 8.69. The Labute approximate surface area is 302 Å². The predicted octanol–water partition coefficient (Wildman–Crippen LogP) is 7.62. The Balaban J connectivity index is 0.000000119. The molecule has 252 valence electrons. The van der Waals surface area contributed by atoms with E-state index < -0.39 is 0 Å². The zero-order valence-corrected chi connectivity index (χ0v) is 29.5. The minimum atomic E-state index is -0.333. The van der Waals surface area contributed by atoms with E-state index in [9.17, 15) is 5.11 Å². The van der Waals surface area contributed by atoms with Gasteiger partial charge in [-0.25, -0.2) is 0 Å². The Morgan fingerprint density at radius 3 is 1.78 bits per heavy atom. The number of nitrogens with one attached hydrogen (secondary N) is 3. The summed E-state index contributed by atoms with van der Waals surface area (Å²) in [6.45, 7) is 3.93. The van der Waals surface area contributed by atoms with Crippen molar-refractivity contribution in [3.63, 3.8) is 0 Å². The monoisotopic (exact) mass is 726 g/mol. The first kappa shape index (κ1) is 32.0. The van der Waals surface area contributed by atoms with Crippen molar-refractivity contribution in [1.82, 2.24) is 16.0 Å². The van der Waals surface area contributed by atoms with Crippen molar-refractivity contribution in [2.75, 3.05) is 39.2 Å². The average Bonchev–Trinajstić information content (AvgIpc) is 3.97. The molecule has 50 heavy (non-hydrogen) atoms. The van der Waals surface area contributed by atoms with Crippen LogP contribution in [-0.2, 0) is 19.3 Å². The van der Waals surface area contributed by atoms with Crippen LogP contribution in [0.25, 0.3) is 32.3 Å². The number of phenols is 1. The lowest BCUT2D eigenvalue weighted by molar-refractivity contribution is 0.471. The van der Waals surface area contributed by atoms with Crippen LogP contribution in [0.15, 0.2) is 135 Å². The molecule has 6 aromatic carbocycles. The van der Waals surface area contributed by atoms with E-state index in [1.165, 1.54) is 32.7 Å². The Bertz CT molecular complexity index is 2260. The van der Waals surface area contributed by atoms with E-state index in [-0.39, 0.29) is 6.52 Å². The highest BCUT2D eigenvalue weighted by Gasteiger charge is 2.13. The molecule has 3 aliphatic rings. The van der Waals surface area contributed by atoms with E-state index in [1.54, 1.807) is 6.07 Å². The van der Waals surface area contributed by atoms with Crippen LogP contribution in [0.1, 0.15) is 18.1 Å². The number of aliphatic imine (C=N–C) groups is 3. The fourth-order valence-corrected chi connectivity index (χ4v) is 7.05. The van der Waals surface area contributed by atoms with Crippen molar-refractivity contribution in [3.8, 4) is 5.75 Å². The number of phenolic OH excluding ortho intramolecular Hbond substituents is 1. The van der Waals surface area contributed by atoms with Gasteiger partial charge in [0.1, 0.15) is 23.3 Å². The first-order chi connectivity index (χ1) is 25.0. The van der Waals surface area contributed by atoms with Crippen LogP contribution in [0.2, 0.25) is 0 Å². The zero-order valence-electron chi connectivity index (χ0n) is 28.9. The van der Waals surface area contributed by atoms with Crippen LogP contribution < -0.4 is 16.0 Å². The van der Waals surface area contributed by atoms with Gasteiger partial charge in [0.25, 0.3) is 0 Å². The van der Waals surface area contributed by atoms with Crippen LogP contribution in [0.3, 0.4) is 0 Å². The molecule has 0 fully saturated rings. The van der Waals surface area contributed by atoms with E-state index in [2.05, 4.69) is 132 Å². The van der Waals surface area contributed by atoms with Crippen LogP contribution in [0.5, 0.6) is 5.75 Å². The van der Waals surface area contributed by atoms with Gasteiger partial charge in [0, 0.05) is 48.9 Å². The number of hydrogen-bond acceptors (Lipinski definition) is 7. The summed E-state index contributed by atoms with van der Waals surface area (Å²) in [6, 6.07) is 39.3. The molecule has 0 radical (unpaired) electrons. The Morgan fingerprint density at radius 2 is 1.10 bits per heavy atom. The number of fused-ring (bicyclic) bond motifs is 3. The molecule has 0 aliphatic carbocycles. The Morgan fingerprint density at radius 1 is 0.540 bits per heavy atom. The van der Waals surface area contributed by atoms with Crippen molar-refractivity contribution in [1.29, 1.82) is 0 Å². The van der Waals surface area contributed by atoms with Crippen LogP contribution in [0, 0.1) is 0 Å². The summed E-state index contributed by atoms with van der Waals surface area (Å²) in [5.74, 6) is 3.36. The minimum absolute atomic E-state index is 0.333. The Hall–Kier alpha value is -5.21. The highest BCUT2D eigenvalue weighted by molar-refractivity contribution is 9.10. The second-order valence-corrected chi connectivity index (χ2v) is 13.2. The molecule has 3 heterocycles. The number of hydrogen-bond donors (Lipinski definition) is 4. The normalized spacial score (nSPS) is 16.5. The summed E-state index contributed by atoms with van der Waals surface area (Å²) in [7, 11) is 0. The maximum atomic E-state index is 9.99. The number of nitrogens with zero attached hydrogens (tertiary/aromatic N) is 3. The van der Waals surface area contributed by atoms with E-state index in [4.69, 9.17) is 1.37 Å². The molecule has 7 nitrogen and oxygen atoms in total. The number of benzene rings is 6. The van der Waals surface area contributed by atoms with Crippen molar-refractivity contribution in [2.45, 2.75) is 19.3 Å². The van der Waals surface area contributed by atoms with Gasteiger partial charge >= 0.3 is 0 Å². The van der Waals surface area contributed by atoms with E-state index in [0.29, 0.717) is 18.7 Å². The van der Waals surface area contributed by atoms with Gasteiger partial charge in [0.05, 0.1) is 21.0 Å². The van der Waals surface area contributed by atoms with E-state index in [0.717, 1.165) is 77.3 Å². The molecule has 3 aliphatic heterocycles. The van der Waals surface area contributed by atoms with Gasteiger partial charge in [0.15, 0.2) is 0 Å². The van der Waals surface area contributed by atoms with Gasteiger partial charge in [-0.2, -0.15) is 0 Å².